The number of allylic oxidation sites excluding steroid dienone is 4. The third kappa shape index (κ3) is 10.2. The van der Waals surface area contributed by atoms with Crippen LogP contribution in [0.1, 0.15) is 32.3 Å². The van der Waals surface area contributed by atoms with Crippen LogP contribution in [-0.4, -0.2) is 4.57 Å². The molecular weight excluding hydrogens is 953 g/mol. The van der Waals surface area contributed by atoms with Crippen LogP contribution in [0.2, 0.25) is 0 Å². The van der Waals surface area contributed by atoms with Crippen LogP contribution in [0.4, 0.5) is 17.1 Å². The topological polar surface area (TPSA) is 8.17 Å². The Morgan fingerprint density at radius 3 is 1.19 bits per heavy atom. The molecule has 0 unspecified atom stereocenters. The quantitative estimate of drug-likeness (QED) is 0.0712. The Morgan fingerprint density at radius 1 is 0.354 bits per heavy atom. The average molecular weight is 1020 g/mol. The summed E-state index contributed by atoms with van der Waals surface area (Å²) in [6, 6.07) is 93.3. The van der Waals surface area contributed by atoms with Crippen LogP contribution >= 0.6 is 0 Å². The van der Waals surface area contributed by atoms with Crippen molar-refractivity contribution >= 4 is 71.1 Å². The van der Waals surface area contributed by atoms with Crippen molar-refractivity contribution in [3.05, 3.63) is 304 Å². The van der Waals surface area contributed by atoms with Crippen LogP contribution in [0.15, 0.2) is 298 Å². The molecule has 1 heterocycles. The highest BCUT2D eigenvalue weighted by atomic mass is 15.1. The summed E-state index contributed by atoms with van der Waals surface area (Å²) in [5.41, 5.74) is 16.8. The van der Waals surface area contributed by atoms with Crippen molar-refractivity contribution in [1.82, 2.24) is 4.57 Å². The van der Waals surface area contributed by atoms with Gasteiger partial charge in [0.15, 0.2) is 0 Å². The van der Waals surface area contributed by atoms with E-state index in [4.69, 9.17) is 0 Å². The lowest BCUT2D eigenvalue weighted by molar-refractivity contribution is 1.06. The van der Waals surface area contributed by atoms with Crippen LogP contribution in [0.3, 0.4) is 0 Å². The van der Waals surface area contributed by atoms with Gasteiger partial charge in [-0.3, -0.25) is 0 Å². The first-order valence-electron chi connectivity index (χ1n) is 27.5. The van der Waals surface area contributed by atoms with Gasteiger partial charge in [-0.2, -0.15) is 0 Å². The van der Waals surface area contributed by atoms with Gasteiger partial charge in [0.1, 0.15) is 0 Å². The molecule has 0 aliphatic carbocycles. The summed E-state index contributed by atoms with van der Waals surface area (Å²) in [6.07, 6.45) is 12.2. The van der Waals surface area contributed by atoms with E-state index in [0.717, 1.165) is 35.6 Å². The number of fused-ring (bicyclic) bond motifs is 5. The van der Waals surface area contributed by atoms with Crippen LogP contribution in [-0.2, 0) is 0 Å². The van der Waals surface area contributed by atoms with E-state index in [-0.39, 0.29) is 0 Å². The summed E-state index contributed by atoms with van der Waals surface area (Å²) in [6.45, 7) is 13.3. The molecule has 12 aromatic carbocycles. The van der Waals surface area contributed by atoms with Gasteiger partial charge < -0.3 is 9.47 Å². The molecule has 382 valence electrons. The number of hydrogen-bond acceptors (Lipinski definition) is 1. The molecule has 0 atom stereocenters. The van der Waals surface area contributed by atoms with Crippen molar-refractivity contribution in [1.29, 1.82) is 0 Å². The van der Waals surface area contributed by atoms with E-state index in [9.17, 15) is 0 Å². The van der Waals surface area contributed by atoms with E-state index < -0.39 is 0 Å². The highest BCUT2D eigenvalue weighted by Gasteiger charge is 2.25. The monoisotopic (exact) mass is 1020 g/mol. The fourth-order valence-electron chi connectivity index (χ4n) is 11.2. The van der Waals surface area contributed by atoms with E-state index in [1.54, 1.807) is 0 Å². The van der Waals surface area contributed by atoms with Crippen molar-refractivity contribution in [2.24, 2.45) is 0 Å². The number of nitrogens with zero attached hydrogens (tertiary/aromatic N) is 2. The molecule has 0 fully saturated rings. The molecule has 0 saturated carbocycles. The molecule has 0 saturated heterocycles. The second-order valence-electron chi connectivity index (χ2n) is 19.9. The first-order valence-corrected chi connectivity index (χ1v) is 27.5. The van der Waals surface area contributed by atoms with Crippen molar-refractivity contribution in [3.63, 3.8) is 0 Å². The van der Waals surface area contributed by atoms with Gasteiger partial charge in [0.2, 0.25) is 0 Å². The van der Waals surface area contributed by atoms with Crippen molar-refractivity contribution in [2.75, 3.05) is 4.90 Å². The van der Waals surface area contributed by atoms with E-state index in [1.165, 1.54) is 104 Å². The lowest BCUT2D eigenvalue weighted by Crippen LogP contribution is -2.11. The molecule has 0 aliphatic rings. The molecule has 1 aromatic heterocycles. The Kier molecular flexibility index (Phi) is 15.4. The maximum Gasteiger partial charge on any atom is 0.0618 e. The molecule has 13 aromatic rings. The minimum Gasteiger partial charge on any atom is -0.316 e. The molecule has 0 amide bonds. The van der Waals surface area contributed by atoms with Gasteiger partial charge in [-0.1, -0.05) is 231 Å². The molecule has 0 radical (unpaired) electrons. The molecule has 0 aliphatic heterocycles. The van der Waals surface area contributed by atoms with Crippen LogP contribution < -0.4 is 4.90 Å². The summed E-state index contributed by atoms with van der Waals surface area (Å²) in [7, 11) is 0. The first-order chi connectivity index (χ1) is 39.0. The number of aryl methyl sites for hydroxylation is 1. The maximum atomic E-state index is 3.55. The van der Waals surface area contributed by atoms with Gasteiger partial charge in [-0.25, -0.2) is 0 Å². The molecule has 13 rings (SSSR count). The number of para-hydroxylation sites is 1. The predicted molar refractivity (Wildman–Crippen MR) is 345 cm³/mol. The van der Waals surface area contributed by atoms with Crippen LogP contribution in [0, 0.1) is 6.92 Å². The molecule has 79 heavy (non-hydrogen) atoms. The van der Waals surface area contributed by atoms with Gasteiger partial charge in [0.05, 0.1) is 11.2 Å². The van der Waals surface area contributed by atoms with Gasteiger partial charge in [-0.15, -0.1) is 13.2 Å². The first kappa shape index (κ1) is 51.4. The summed E-state index contributed by atoms with van der Waals surface area (Å²) in [4.78, 5) is 2.46. The molecule has 0 spiro atoms. The second-order valence-corrected chi connectivity index (χ2v) is 19.9. The van der Waals surface area contributed by atoms with E-state index in [0.29, 0.717) is 0 Å². The third-order valence-electron chi connectivity index (χ3n) is 15.0. The highest BCUT2D eigenvalue weighted by Crippen LogP contribution is 2.52. The van der Waals surface area contributed by atoms with Crippen molar-refractivity contribution in [3.8, 4) is 50.2 Å². The van der Waals surface area contributed by atoms with Gasteiger partial charge in [0.25, 0.3) is 0 Å². The Labute approximate surface area is 465 Å². The number of aromatic nitrogens is 1. The highest BCUT2D eigenvalue weighted by molar-refractivity contribution is 6.30. The summed E-state index contributed by atoms with van der Waals surface area (Å²) in [5.74, 6) is 0. The lowest BCUT2D eigenvalue weighted by atomic mass is 9.82. The SMILES string of the molecule is C/C=C\C.C=CCCC=C.Cc1cn(-c2ccc(N(c3ccccc3)c3c4ccccc4c(-c4c5ccccc5c(-c5ccc(-c6ccccc6)cc5)c5ccccc45)c4ccccc34)cc2)c2ccc(-c3ccccc3)cc12. The fraction of sp³-hybridized carbons (Fsp3) is 0.0649. The Bertz CT molecular complexity index is 4150. The van der Waals surface area contributed by atoms with Crippen molar-refractivity contribution in [2.45, 2.75) is 33.6 Å². The number of benzene rings is 12. The second kappa shape index (κ2) is 23.6. The minimum atomic E-state index is 1.06. The number of rotatable bonds is 11. The average Bonchev–Trinajstić information content (AvgIpc) is 4.05. The number of unbranched alkanes of at least 4 members (excludes halogenated alkanes) is 1. The van der Waals surface area contributed by atoms with E-state index in [1.807, 2.05) is 38.2 Å². The third-order valence-corrected chi connectivity index (χ3v) is 15.0. The standard InChI is InChI=1S/C67H46N2.C6H10.C4H8/c1-45-44-68(63-42-37-50(43-62(45)63)47-21-7-3-8-22-47)51-38-40-53(41-39-51)69(52-23-9-4-10-24-52)67-60-31-17-15-29-58(60)66(59-30-16-18-32-61(59)67)65-56-27-13-11-25-54(56)64(55-26-12-14-28-57(55)65)49-35-33-48(34-36-49)46-19-5-2-6-20-46;1-3-5-6-4-2;1-3-4-2/h2-44H,1H3;3-4H,1-2,5-6H2;3-4H,1-2H3/b;;4-3-. The summed E-state index contributed by atoms with van der Waals surface area (Å²) < 4.78 is 2.33. The van der Waals surface area contributed by atoms with Crippen LogP contribution in [0.25, 0.3) is 104 Å². The smallest absolute Gasteiger partial charge is 0.0618 e. The van der Waals surface area contributed by atoms with E-state index in [2.05, 4.69) is 291 Å². The molecule has 0 bridgehead atoms. The largest absolute Gasteiger partial charge is 0.316 e. The Hall–Kier alpha value is -9.76. The zero-order valence-corrected chi connectivity index (χ0v) is 45.4. The summed E-state index contributed by atoms with van der Waals surface area (Å²) in [5, 5.41) is 11.0. The number of hydrogen-bond donors (Lipinski definition) is 0. The Morgan fingerprint density at radius 2 is 0.722 bits per heavy atom. The van der Waals surface area contributed by atoms with Gasteiger partial charge in [0, 0.05) is 39.4 Å². The van der Waals surface area contributed by atoms with Crippen LogP contribution in [0.5, 0.6) is 0 Å². The Balaban J connectivity index is 0.000000609. The lowest BCUT2D eigenvalue weighted by Gasteiger charge is -2.30. The predicted octanol–water partition coefficient (Wildman–Crippen LogP) is 22.4. The van der Waals surface area contributed by atoms with Gasteiger partial charge in [-0.05, 0) is 165 Å². The van der Waals surface area contributed by atoms with Crippen molar-refractivity contribution < 1.29 is 0 Å². The zero-order chi connectivity index (χ0) is 54.1. The van der Waals surface area contributed by atoms with E-state index >= 15 is 0 Å². The zero-order valence-electron chi connectivity index (χ0n) is 45.4. The van der Waals surface area contributed by atoms with Gasteiger partial charge >= 0.3 is 0 Å². The molecule has 2 heteroatoms. The molecular formula is C77H64N2. The molecule has 2 nitrogen and oxygen atoms in total. The molecule has 0 N–H and O–H groups in total. The minimum absolute atomic E-state index is 1.06. The fourth-order valence-corrected chi connectivity index (χ4v) is 11.2. The normalized spacial score (nSPS) is 11.1. The summed E-state index contributed by atoms with van der Waals surface area (Å²) >= 11 is 0. The maximum absolute atomic E-state index is 3.55. The number of anilines is 3.